The van der Waals surface area contributed by atoms with Gasteiger partial charge in [0.15, 0.2) is 0 Å². The molecule has 0 radical (unpaired) electrons. The maximum Gasteiger partial charge on any atom is 0.124 e. The van der Waals surface area contributed by atoms with E-state index in [1.54, 1.807) is 13.1 Å². The van der Waals surface area contributed by atoms with Gasteiger partial charge in [0.1, 0.15) is 5.82 Å². The van der Waals surface area contributed by atoms with Crippen LogP contribution in [0.15, 0.2) is 23.2 Å². The number of hydrogen-bond donors (Lipinski definition) is 0. The third kappa shape index (κ3) is 2.78. The zero-order valence-electron chi connectivity index (χ0n) is 9.22. The summed E-state index contributed by atoms with van der Waals surface area (Å²) in [6.45, 7) is 4.03. The van der Waals surface area contributed by atoms with Gasteiger partial charge in [-0.2, -0.15) is 0 Å². The average Bonchev–Trinajstić information content (AvgIpc) is 2.21. The van der Waals surface area contributed by atoms with E-state index in [2.05, 4.69) is 11.9 Å². The van der Waals surface area contributed by atoms with Crippen molar-refractivity contribution in [2.45, 2.75) is 26.2 Å². The van der Waals surface area contributed by atoms with Crippen LogP contribution in [0.25, 0.3) is 0 Å². The van der Waals surface area contributed by atoms with Gasteiger partial charge in [-0.1, -0.05) is 24.6 Å². The van der Waals surface area contributed by atoms with Crippen LogP contribution >= 0.6 is 11.6 Å². The lowest BCUT2D eigenvalue weighted by Crippen LogP contribution is -2.08. The molecule has 1 unspecified atom stereocenters. The predicted molar refractivity (Wildman–Crippen MR) is 63.5 cm³/mol. The Morgan fingerprint density at radius 3 is 2.67 bits per heavy atom. The Labute approximate surface area is 95.0 Å². The molecule has 0 amide bonds. The fourth-order valence-corrected chi connectivity index (χ4v) is 1.98. The minimum atomic E-state index is -0.301. The molecule has 1 atom stereocenters. The number of rotatable bonds is 3. The second-order valence-electron chi connectivity index (χ2n) is 3.49. The van der Waals surface area contributed by atoms with E-state index < -0.39 is 0 Å². The molecule has 0 bridgehead atoms. The normalized spacial score (nSPS) is 14.1. The lowest BCUT2D eigenvalue weighted by Gasteiger charge is -2.16. The first-order valence-electron chi connectivity index (χ1n) is 4.98. The first-order valence-corrected chi connectivity index (χ1v) is 5.36. The van der Waals surface area contributed by atoms with Crippen molar-refractivity contribution in [2.24, 2.45) is 4.99 Å². The summed E-state index contributed by atoms with van der Waals surface area (Å²) in [5.74, 6) is -0.118. The van der Waals surface area contributed by atoms with Crippen LogP contribution in [0.1, 0.15) is 31.7 Å². The van der Waals surface area contributed by atoms with Gasteiger partial charge in [0, 0.05) is 23.7 Å². The summed E-state index contributed by atoms with van der Waals surface area (Å²) in [5.41, 5.74) is 1.97. The molecule has 0 saturated heterocycles. The highest BCUT2D eigenvalue weighted by molar-refractivity contribution is 6.31. The second-order valence-corrected chi connectivity index (χ2v) is 3.90. The Bertz CT molecular complexity index is 374. The molecule has 1 nitrogen and oxygen atoms in total. The Kier molecular flexibility index (Phi) is 4.28. The Balaban J connectivity index is 3.13. The molecule has 1 rings (SSSR count). The zero-order valence-corrected chi connectivity index (χ0v) is 9.98. The summed E-state index contributed by atoms with van der Waals surface area (Å²) in [4.78, 5) is 4.16. The van der Waals surface area contributed by atoms with Crippen molar-refractivity contribution in [1.82, 2.24) is 0 Å². The summed E-state index contributed by atoms with van der Waals surface area (Å²) in [7, 11) is 1.76. The average molecular weight is 228 g/mol. The van der Waals surface area contributed by atoms with E-state index in [1.165, 1.54) is 12.1 Å². The van der Waals surface area contributed by atoms with Crippen LogP contribution in [0.3, 0.4) is 0 Å². The quantitative estimate of drug-likeness (QED) is 0.691. The molecule has 3 heteroatoms. The fourth-order valence-electron chi connectivity index (χ4n) is 1.68. The van der Waals surface area contributed by atoms with Gasteiger partial charge in [0.05, 0.1) is 0 Å². The maximum absolute atomic E-state index is 12.9. The molecule has 1 aromatic carbocycles. The first kappa shape index (κ1) is 12.2. The van der Waals surface area contributed by atoms with Crippen molar-refractivity contribution < 1.29 is 4.39 Å². The minimum Gasteiger partial charge on any atom is -0.297 e. The summed E-state index contributed by atoms with van der Waals surface area (Å²) in [5, 5.41) is 0.477. The second kappa shape index (κ2) is 5.26. The standard InChI is InChI=1S/C12H15ClFN/c1-4-10(8(2)15-3)11-6-5-9(14)7-12(11)13/h5-7,10H,4H2,1-3H3/b15-8+. The SMILES string of the molecule is CCC(/C(C)=N/C)c1ccc(F)cc1Cl. The molecule has 0 aromatic heterocycles. The van der Waals surface area contributed by atoms with E-state index in [0.717, 1.165) is 17.7 Å². The Hall–Kier alpha value is -0.890. The van der Waals surface area contributed by atoms with E-state index in [4.69, 9.17) is 11.6 Å². The van der Waals surface area contributed by atoms with Crippen LogP contribution in [0.4, 0.5) is 4.39 Å². The molecule has 0 aliphatic carbocycles. The van der Waals surface area contributed by atoms with Gasteiger partial charge in [0.2, 0.25) is 0 Å². The largest absolute Gasteiger partial charge is 0.297 e. The highest BCUT2D eigenvalue weighted by Crippen LogP contribution is 2.28. The highest BCUT2D eigenvalue weighted by atomic mass is 35.5. The van der Waals surface area contributed by atoms with Crippen LogP contribution in [0, 0.1) is 5.82 Å². The third-order valence-electron chi connectivity index (χ3n) is 2.60. The van der Waals surface area contributed by atoms with Crippen molar-refractivity contribution in [3.05, 3.63) is 34.6 Å². The van der Waals surface area contributed by atoms with Crippen molar-refractivity contribution in [3.63, 3.8) is 0 Å². The molecule has 82 valence electrons. The van der Waals surface area contributed by atoms with Crippen molar-refractivity contribution >= 4 is 17.3 Å². The van der Waals surface area contributed by atoms with E-state index >= 15 is 0 Å². The van der Waals surface area contributed by atoms with Gasteiger partial charge in [0.25, 0.3) is 0 Å². The fraction of sp³-hybridized carbons (Fsp3) is 0.417. The molecule has 0 fully saturated rings. The topological polar surface area (TPSA) is 12.4 Å². The number of halogens is 2. The number of aliphatic imine (C=N–C) groups is 1. The first-order chi connectivity index (χ1) is 7.10. The van der Waals surface area contributed by atoms with Crippen LogP contribution in [0.5, 0.6) is 0 Å². The highest BCUT2D eigenvalue weighted by Gasteiger charge is 2.15. The van der Waals surface area contributed by atoms with Crippen molar-refractivity contribution in [3.8, 4) is 0 Å². The van der Waals surface area contributed by atoms with Crippen LogP contribution in [-0.4, -0.2) is 12.8 Å². The minimum absolute atomic E-state index is 0.183. The van der Waals surface area contributed by atoms with E-state index in [0.29, 0.717) is 5.02 Å². The van der Waals surface area contributed by atoms with Gasteiger partial charge < -0.3 is 0 Å². The lowest BCUT2D eigenvalue weighted by atomic mass is 9.92. The van der Waals surface area contributed by atoms with E-state index in [-0.39, 0.29) is 11.7 Å². The zero-order chi connectivity index (χ0) is 11.4. The van der Waals surface area contributed by atoms with Crippen LogP contribution in [-0.2, 0) is 0 Å². The smallest absolute Gasteiger partial charge is 0.124 e. The number of hydrogen-bond acceptors (Lipinski definition) is 1. The molecular formula is C12H15ClFN. The van der Waals surface area contributed by atoms with Crippen molar-refractivity contribution in [1.29, 1.82) is 0 Å². The molecule has 0 spiro atoms. The van der Waals surface area contributed by atoms with E-state index in [1.807, 2.05) is 6.92 Å². The van der Waals surface area contributed by atoms with E-state index in [9.17, 15) is 4.39 Å². The van der Waals surface area contributed by atoms with Gasteiger partial charge >= 0.3 is 0 Å². The molecule has 0 N–H and O–H groups in total. The third-order valence-corrected chi connectivity index (χ3v) is 2.93. The number of nitrogens with zero attached hydrogens (tertiary/aromatic N) is 1. The summed E-state index contributed by atoms with van der Waals surface area (Å²) in [6.07, 6.45) is 0.911. The Morgan fingerprint density at radius 2 is 2.20 bits per heavy atom. The monoisotopic (exact) mass is 227 g/mol. The molecule has 1 aromatic rings. The van der Waals surface area contributed by atoms with Gasteiger partial charge in [-0.15, -0.1) is 0 Å². The lowest BCUT2D eigenvalue weighted by molar-refractivity contribution is 0.626. The maximum atomic E-state index is 12.9. The summed E-state index contributed by atoms with van der Waals surface area (Å²) < 4.78 is 12.9. The molecule has 0 aliphatic rings. The molecular weight excluding hydrogens is 213 g/mol. The van der Waals surface area contributed by atoms with Gasteiger partial charge in [-0.25, -0.2) is 4.39 Å². The van der Waals surface area contributed by atoms with Gasteiger partial charge in [-0.3, -0.25) is 4.99 Å². The molecule has 0 saturated carbocycles. The molecule has 15 heavy (non-hydrogen) atoms. The van der Waals surface area contributed by atoms with Crippen molar-refractivity contribution in [2.75, 3.05) is 7.05 Å². The summed E-state index contributed by atoms with van der Waals surface area (Å²) in [6, 6.07) is 4.52. The van der Waals surface area contributed by atoms with Crippen LogP contribution < -0.4 is 0 Å². The molecule has 0 aliphatic heterocycles. The molecule has 0 heterocycles. The summed E-state index contributed by atoms with van der Waals surface area (Å²) >= 11 is 6.01. The van der Waals surface area contributed by atoms with Crippen LogP contribution in [0.2, 0.25) is 5.02 Å². The van der Waals surface area contributed by atoms with Gasteiger partial charge in [-0.05, 0) is 31.0 Å². The Morgan fingerprint density at radius 1 is 1.53 bits per heavy atom. The predicted octanol–water partition coefficient (Wildman–Crippen LogP) is 4.06. The number of benzene rings is 1.